The zero-order valence-corrected chi connectivity index (χ0v) is 11.8. The largest absolute Gasteiger partial charge is 0.476 e. The summed E-state index contributed by atoms with van der Waals surface area (Å²) in [6.07, 6.45) is 0. The molecule has 3 aromatic rings. The fourth-order valence-corrected chi connectivity index (χ4v) is 2.62. The second kappa shape index (κ2) is 5.14. The number of thiophene rings is 1. The third-order valence-electron chi connectivity index (χ3n) is 2.93. The number of rotatable bonds is 3. The van der Waals surface area contributed by atoms with Gasteiger partial charge in [-0.1, -0.05) is 17.7 Å². The van der Waals surface area contributed by atoms with Gasteiger partial charge in [-0.2, -0.15) is 0 Å². The lowest BCUT2D eigenvalue weighted by atomic mass is 10.1. The van der Waals surface area contributed by atoms with Crippen LogP contribution in [0.15, 0.2) is 40.1 Å². The van der Waals surface area contributed by atoms with Crippen LogP contribution in [0, 0.1) is 12.7 Å². The molecular weight excluding hydrogens is 293 g/mol. The second-order valence-electron chi connectivity index (χ2n) is 4.46. The molecule has 2 aromatic heterocycles. The SMILES string of the molecule is Cc1ccc(F)c(-c2oc(-c3cccs3)nc2C(=O)O)c1. The maximum absolute atomic E-state index is 14.0. The standard InChI is InChI=1S/C15H10FNO3S/c1-8-4-5-10(16)9(7-8)13-12(15(18)19)17-14(20-13)11-3-2-6-21-11/h2-7H,1H3,(H,18,19). The van der Waals surface area contributed by atoms with Gasteiger partial charge in [0.1, 0.15) is 5.82 Å². The Morgan fingerprint density at radius 2 is 2.19 bits per heavy atom. The summed E-state index contributed by atoms with van der Waals surface area (Å²) >= 11 is 1.37. The number of carbonyl (C=O) groups is 1. The van der Waals surface area contributed by atoms with Gasteiger partial charge in [0.25, 0.3) is 0 Å². The molecule has 0 aliphatic carbocycles. The Balaban J connectivity index is 2.21. The highest BCUT2D eigenvalue weighted by atomic mass is 32.1. The van der Waals surface area contributed by atoms with E-state index in [9.17, 15) is 14.3 Å². The number of aromatic carboxylic acids is 1. The predicted molar refractivity (Wildman–Crippen MR) is 76.9 cm³/mol. The molecule has 1 N–H and O–H groups in total. The van der Waals surface area contributed by atoms with E-state index < -0.39 is 11.8 Å². The molecule has 0 radical (unpaired) electrons. The van der Waals surface area contributed by atoms with Crippen molar-refractivity contribution in [1.29, 1.82) is 0 Å². The van der Waals surface area contributed by atoms with Crippen LogP contribution < -0.4 is 0 Å². The molecule has 6 heteroatoms. The van der Waals surface area contributed by atoms with E-state index >= 15 is 0 Å². The smallest absolute Gasteiger partial charge is 0.358 e. The van der Waals surface area contributed by atoms with E-state index in [1.807, 2.05) is 5.38 Å². The van der Waals surface area contributed by atoms with Crippen LogP contribution in [-0.4, -0.2) is 16.1 Å². The van der Waals surface area contributed by atoms with E-state index in [1.165, 1.54) is 17.4 Å². The molecule has 21 heavy (non-hydrogen) atoms. The van der Waals surface area contributed by atoms with E-state index in [4.69, 9.17) is 4.42 Å². The molecule has 0 amide bonds. The molecule has 0 spiro atoms. The first-order valence-corrected chi connectivity index (χ1v) is 6.99. The zero-order valence-electron chi connectivity index (χ0n) is 11.0. The van der Waals surface area contributed by atoms with Gasteiger partial charge in [0, 0.05) is 0 Å². The molecule has 0 saturated carbocycles. The van der Waals surface area contributed by atoms with Gasteiger partial charge in [0.15, 0.2) is 11.5 Å². The minimum atomic E-state index is -1.25. The minimum absolute atomic E-state index is 0.0629. The fraction of sp³-hybridized carbons (Fsp3) is 0.0667. The Morgan fingerprint density at radius 3 is 2.86 bits per heavy atom. The molecule has 2 heterocycles. The van der Waals surface area contributed by atoms with Crippen LogP contribution in [0.1, 0.15) is 16.1 Å². The number of nitrogens with zero attached hydrogens (tertiary/aromatic N) is 1. The van der Waals surface area contributed by atoms with E-state index in [0.717, 1.165) is 5.56 Å². The summed E-state index contributed by atoms with van der Waals surface area (Å²) in [6, 6.07) is 8.00. The van der Waals surface area contributed by atoms with Gasteiger partial charge in [0.05, 0.1) is 10.4 Å². The number of carboxylic acid groups (broad SMARTS) is 1. The van der Waals surface area contributed by atoms with Crippen molar-refractivity contribution in [2.75, 3.05) is 0 Å². The van der Waals surface area contributed by atoms with E-state index in [2.05, 4.69) is 4.98 Å². The van der Waals surface area contributed by atoms with Crippen molar-refractivity contribution < 1.29 is 18.7 Å². The van der Waals surface area contributed by atoms with Gasteiger partial charge in [-0.3, -0.25) is 0 Å². The highest BCUT2D eigenvalue weighted by Gasteiger charge is 2.24. The Morgan fingerprint density at radius 1 is 1.38 bits per heavy atom. The monoisotopic (exact) mass is 303 g/mol. The first kappa shape index (κ1) is 13.5. The van der Waals surface area contributed by atoms with Crippen molar-refractivity contribution in [3.8, 4) is 22.1 Å². The van der Waals surface area contributed by atoms with Crippen molar-refractivity contribution in [2.24, 2.45) is 0 Å². The number of benzene rings is 1. The summed E-state index contributed by atoms with van der Waals surface area (Å²) in [7, 11) is 0. The van der Waals surface area contributed by atoms with Crippen LogP contribution in [0.3, 0.4) is 0 Å². The molecule has 4 nitrogen and oxygen atoms in total. The Labute approximate surface area is 123 Å². The van der Waals surface area contributed by atoms with Crippen molar-refractivity contribution >= 4 is 17.3 Å². The highest BCUT2D eigenvalue weighted by molar-refractivity contribution is 7.13. The van der Waals surface area contributed by atoms with Crippen LogP contribution >= 0.6 is 11.3 Å². The first-order valence-electron chi connectivity index (χ1n) is 6.11. The summed E-state index contributed by atoms with van der Waals surface area (Å²) in [5.41, 5.74) is 0.613. The lowest BCUT2D eigenvalue weighted by molar-refractivity contribution is 0.0691. The molecule has 0 atom stereocenters. The number of halogens is 1. The molecular formula is C15H10FNO3S. The fourth-order valence-electron chi connectivity index (χ4n) is 1.97. The number of aryl methyl sites for hydroxylation is 1. The third-order valence-corrected chi connectivity index (χ3v) is 3.79. The van der Waals surface area contributed by atoms with E-state index in [1.54, 1.807) is 31.2 Å². The Kier molecular flexibility index (Phi) is 3.31. The maximum Gasteiger partial charge on any atom is 0.358 e. The third kappa shape index (κ3) is 2.45. The molecule has 0 aliphatic rings. The van der Waals surface area contributed by atoms with Crippen LogP contribution in [-0.2, 0) is 0 Å². The second-order valence-corrected chi connectivity index (χ2v) is 5.41. The van der Waals surface area contributed by atoms with E-state index in [0.29, 0.717) is 4.88 Å². The normalized spacial score (nSPS) is 10.8. The number of hydrogen-bond acceptors (Lipinski definition) is 4. The van der Waals surface area contributed by atoms with Crippen LogP contribution in [0.25, 0.3) is 22.1 Å². The molecule has 106 valence electrons. The van der Waals surface area contributed by atoms with Crippen molar-refractivity contribution in [1.82, 2.24) is 4.98 Å². The predicted octanol–water partition coefficient (Wildman–Crippen LogP) is 4.22. The number of oxazole rings is 1. The summed E-state index contributed by atoms with van der Waals surface area (Å²) in [5, 5.41) is 11.1. The van der Waals surface area contributed by atoms with Crippen molar-refractivity contribution in [2.45, 2.75) is 6.92 Å². The molecule has 0 aliphatic heterocycles. The van der Waals surface area contributed by atoms with Crippen LogP contribution in [0.2, 0.25) is 0 Å². The van der Waals surface area contributed by atoms with Gasteiger partial charge >= 0.3 is 5.97 Å². The van der Waals surface area contributed by atoms with E-state index in [-0.39, 0.29) is 22.9 Å². The van der Waals surface area contributed by atoms with Gasteiger partial charge in [-0.25, -0.2) is 14.2 Å². The summed E-state index contributed by atoms with van der Waals surface area (Å²) in [4.78, 5) is 16.0. The summed E-state index contributed by atoms with van der Waals surface area (Å²) in [5.74, 6) is -1.68. The Hall–Kier alpha value is -2.47. The quantitative estimate of drug-likeness (QED) is 0.787. The molecule has 0 fully saturated rings. The van der Waals surface area contributed by atoms with Crippen LogP contribution in [0.4, 0.5) is 4.39 Å². The van der Waals surface area contributed by atoms with Crippen molar-refractivity contribution in [3.63, 3.8) is 0 Å². The molecule has 0 unspecified atom stereocenters. The van der Waals surface area contributed by atoms with Gasteiger partial charge < -0.3 is 9.52 Å². The summed E-state index contributed by atoms with van der Waals surface area (Å²) < 4.78 is 19.5. The topological polar surface area (TPSA) is 63.3 Å². The first-order chi connectivity index (χ1) is 10.1. The molecule has 0 saturated heterocycles. The molecule has 0 bridgehead atoms. The Bertz CT molecular complexity index is 808. The summed E-state index contributed by atoms with van der Waals surface area (Å²) in [6.45, 7) is 1.79. The molecule has 3 rings (SSSR count). The average molecular weight is 303 g/mol. The van der Waals surface area contributed by atoms with Crippen LogP contribution in [0.5, 0.6) is 0 Å². The van der Waals surface area contributed by atoms with Crippen molar-refractivity contribution in [3.05, 3.63) is 52.8 Å². The van der Waals surface area contributed by atoms with Gasteiger partial charge in [0.2, 0.25) is 5.89 Å². The lowest BCUT2D eigenvalue weighted by Gasteiger charge is -2.01. The number of hydrogen-bond donors (Lipinski definition) is 1. The zero-order chi connectivity index (χ0) is 15.0. The number of carboxylic acids is 1. The van der Waals surface area contributed by atoms with Gasteiger partial charge in [-0.15, -0.1) is 11.3 Å². The highest BCUT2D eigenvalue weighted by Crippen LogP contribution is 2.33. The molecule has 1 aromatic carbocycles. The van der Waals surface area contributed by atoms with Gasteiger partial charge in [-0.05, 0) is 30.5 Å². The average Bonchev–Trinajstić information content (AvgIpc) is 3.09. The minimum Gasteiger partial charge on any atom is -0.476 e. The maximum atomic E-state index is 14.0. The number of aromatic nitrogens is 1. The lowest BCUT2D eigenvalue weighted by Crippen LogP contribution is -1.99.